The molecule has 3 nitrogen and oxygen atoms in total. The van der Waals surface area contributed by atoms with Crippen LogP contribution in [0.5, 0.6) is 0 Å². The smallest absolute Gasteiger partial charge is 0.328 e. The van der Waals surface area contributed by atoms with Crippen molar-refractivity contribution < 1.29 is 9.90 Å². The first-order chi connectivity index (χ1) is 9.61. The number of fused-ring (bicyclic) bond motifs is 2. The van der Waals surface area contributed by atoms with Crippen LogP contribution >= 0.6 is 15.9 Å². The second-order valence-corrected chi connectivity index (χ2v) is 6.65. The minimum Gasteiger partial charge on any atom is -0.478 e. The number of halogens is 1. The molecule has 1 aromatic carbocycles. The van der Waals surface area contributed by atoms with Crippen LogP contribution in [0.1, 0.15) is 31.2 Å². The van der Waals surface area contributed by atoms with Crippen LogP contribution in [-0.4, -0.2) is 28.1 Å². The van der Waals surface area contributed by atoms with E-state index in [4.69, 9.17) is 5.11 Å². The van der Waals surface area contributed by atoms with Crippen LogP contribution in [-0.2, 0) is 11.3 Å². The molecule has 2 saturated heterocycles. The second kappa shape index (κ2) is 5.70. The molecule has 1 aromatic rings. The summed E-state index contributed by atoms with van der Waals surface area (Å²) in [6.07, 6.45) is 5.64. The number of nitrogens with zero attached hydrogens (tertiary/aromatic N) is 1. The zero-order valence-corrected chi connectivity index (χ0v) is 12.8. The van der Waals surface area contributed by atoms with Gasteiger partial charge in [-0.15, -0.1) is 0 Å². The number of benzene rings is 1. The van der Waals surface area contributed by atoms with Gasteiger partial charge in [-0.25, -0.2) is 4.79 Å². The third-order valence-corrected chi connectivity index (χ3v) is 4.90. The van der Waals surface area contributed by atoms with Gasteiger partial charge in [0, 0.05) is 29.2 Å². The van der Waals surface area contributed by atoms with Crippen LogP contribution in [0.4, 0.5) is 0 Å². The van der Waals surface area contributed by atoms with Crippen LogP contribution in [0.2, 0.25) is 0 Å². The van der Waals surface area contributed by atoms with Gasteiger partial charge in [-0.05, 0) is 43.4 Å². The van der Waals surface area contributed by atoms with E-state index in [1.54, 1.807) is 0 Å². The molecule has 3 rings (SSSR count). The predicted octanol–water partition coefficient (Wildman–Crippen LogP) is 3.59. The lowest BCUT2D eigenvalue weighted by Crippen LogP contribution is -2.39. The first-order valence-electron chi connectivity index (χ1n) is 7.04. The average Bonchev–Trinajstić information content (AvgIpc) is 2.63. The molecular weight excluding hydrogens is 318 g/mol. The normalized spacial score (nSPS) is 25.8. The Hall–Kier alpha value is -1.13. The lowest BCUT2D eigenvalue weighted by Gasteiger charge is -2.36. The molecule has 2 fully saturated rings. The summed E-state index contributed by atoms with van der Waals surface area (Å²) in [4.78, 5) is 13.4. The maximum atomic E-state index is 10.8. The predicted molar refractivity (Wildman–Crippen MR) is 81.4 cm³/mol. The molecule has 2 aliphatic heterocycles. The lowest BCUT2D eigenvalue weighted by molar-refractivity contribution is -0.131. The van der Waals surface area contributed by atoms with Crippen molar-refractivity contribution in [3.05, 3.63) is 46.0 Å². The van der Waals surface area contributed by atoms with Gasteiger partial charge in [0.25, 0.3) is 0 Å². The van der Waals surface area contributed by atoms with E-state index in [0.29, 0.717) is 12.1 Å². The highest BCUT2D eigenvalue weighted by Gasteiger charge is 2.38. The molecule has 0 spiro atoms. The first-order valence-corrected chi connectivity index (χ1v) is 7.83. The summed E-state index contributed by atoms with van der Waals surface area (Å²) >= 11 is 3.46. The summed E-state index contributed by atoms with van der Waals surface area (Å²) in [7, 11) is 0. The molecule has 2 bridgehead atoms. The Balaban J connectivity index is 1.71. The number of hydrogen-bond acceptors (Lipinski definition) is 2. The maximum absolute atomic E-state index is 10.8. The lowest BCUT2D eigenvalue weighted by atomic mass is 9.95. The zero-order chi connectivity index (χ0) is 14.1. The molecule has 1 N–H and O–H groups in total. The Labute approximate surface area is 127 Å². The van der Waals surface area contributed by atoms with E-state index in [1.165, 1.54) is 24.5 Å². The van der Waals surface area contributed by atoms with Crippen molar-refractivity contribution in [1.82, 2.24) is 4.90 Å². The van der Waals surface area contributed by atoms with Crippen LogP contribution in [0.15, 0.2) is 40.4 Å². The van der Waals surface area contributed by atoms with Crippen molar-refractivity contribution >= 4 is 21.9 Å². The minimum atomic E-state index is -0.805. The SMILES string of the molecule is O=C(O)C=C1CC2CCC(C1)N2Cc1ccc(Br)cc1. The molecule has 4 heteroatoms. The number of aliphatic carboxylic acids is 1. The van der Waals surface area contributed by atoms with Crippen LogP contribution in [0.3, 0.4) is 0 Å². The van der Waals surface area contributed by atoms with Crippen LogP contribution in [0, 0.1) is 0 Å². The monoisotopic (exact) mass is 335 g/mol. The highest BCUT2D eigenvalue weighted by atomic mass is 79.9. The van der Waals surface area contributed by atoms with Gasteiger partial charge < -0.3 is 5.11 Å². The van der Waals surface area contributed by atoms with Crippen molar-refractivity contribution in [3.63, 3.8) is 0 Å². The van der Waals surface area contributed by atoms with Gasteiger partial charge in [-0.3, -0.25) is 4.90 Å². The van der Waals surface area contributed by atoms with E-state index in [0.717, 1.165) is 29.4 Å². The topological polar surface area (TPSA) is 40.5 Å². The number of piperidine rings is 1. The van der Waals surface area contributed by atoms with Crippen molar-refractivity contribution in [2.24, 2.45) is 0 Å². The summed E-state index contributed by atoms with van der Waals surface area (Å²) in [5, 5.41) is 8.89. The molecule has 0 radical (unpaired) electrons. The Morgan fingerprint density at radius 2 is 1.85 bits per heavy atom. The highest BCUT2D eigenvalue weighted by Crippen LogP contribution is 2.39. The molecule has 2 aliphatic rings. The Kier molecular flexibility index (Phi) is 3.94. The third kappa shape index (κ3) is 2.96. The first kappa shape index (κ1) is 13.8. The maximum Gasteiger partial charge on any atom is 0.328 e. The van der Waals surface area contributed by atoms with Gasteiger partial charge in [0.15, 0.2) is 0 Å². The molecular formula is C16H18BrNO2. The number of carbonyl (C=O) groups is 1. The highest BCUT2D eigenvalue weighted by molar-refractivity contribution is 9.10. The minimum absolute atomic E-state index is 0.517. The molecule has 0 aliphatic carbocycles. The van der Waals surface area contributed by atoms with Crippen LogP contribution in [0.25, 0.3) is 0 Å². The van der Waals surface area contributed by atoms with Gasteiger partial charge in [0.1, 0.15) is 0 Å². The molecule has 0 saturated carbocycles. The molecule has 2 heterocycles. The second-order valence-electron chi connectivity index (χ2n) is 5.73. The van der Waals surface area contributed by atoms with E-state index in [9.17, 15) is 4.79 Å². The van der Waals surface area contributed by atoms with E-state index in [2.05, 4.69) is 45.1 Å². The standard InChI is InChI=1S/C16H18BrNO2/c17-13-3-1-11(2-4-13)10-18-14-5-6-15(18)8-12(7-14)9-16(19)20/h1-4,9,14-15H,5-8,10H2,(H,19,20). The molecule has 106 valence electrons. The van der Waals surface area contributed by atoms with E-state index in [-0.39, 0.29) is 0 Å². The molecule has 0 amide bonds. The van der Waals surface area contributed by atoms with Gasteiger partial charge in [0.05, 0.1) is 0 Å². The van der Waals surface area contributed by atoms with E-state index in [1.807, 2.05) is 0 Å². The molecule has 0 aromatic heterocycles. The van der Waals surface area contributed by atoms with E-state index < -0.39 is 5.97 Å². The number of hydrogen-bond donors (Lipinski definition) is 1. The van der Waals surface area contributed by atoms with Gasteiger partial charge in [-0.1, -0.05) is 33.6 Å². The number of carboxylic acid groups (broad SMARTS) is 1. The Morgan fingerprint density at radius 3 is 2.40 bits per heavy atom. The van der Waals surface area contributed by atoms with E-state index >= 15 is 0 Å². The molecule has 20 heavy (non-hydrogen) atoms. The van der Waals surface area contributed by atoms with Gasteiger partial charge in [0.2, 0.25) is 0 Å². The molecule has 2 unspecified atom stereocenters. The fourth-order valence-electron chi connectivity index (χ4n) is 3.49. The quantitative estimate of drug-likeness (QED) is 0.858. The van der Waals surface area contributed by atoms with Crippen molar-refractivity contribution in [2.75, 3.05) is 0 Å². The Morgan fingerprint density at radius 1 is 1.25 bits per heavy atom. The van der Waals surface area contributed by atoms with Crippen molar-refractivity contribution in [2.45, 2.75) is 44.3 Å². The summed E-state index contributed by atoms with van der Waals surface area (Å²) in [6.45, 7) is 0.975. The van der Waals surface area contributed by atoms with Gasteiger partial charge in [-0.2, -0.15) is 0 Å². The van der Waals surface area contributed by atoms with Crippen molar-refractivity contribution in [3.8, 4) is 0 Å². The molecule has 2 atom stereocenters. The van der Waals surface area contributed by atoms with Crippen molar-refractivity contribution in [1.29, 1.82) is 0 Å². The average molecular weight is 336 g/mol. The fraction of sp³-hybridized carbons (Fsp3) is 0.438. The number of carboxylic acids is 1. The summed E-state index contributed by atoms with van der Waals surface area (Å²) in [5.74, 6) is -0.805. The number of rotatable bonds is 3. The summed E-state index contributed by atoms with van der Waals surface area (Å²) < 4.78 is 1.11. The summed E-state index contributed by atoms with van der Waals surface area (Å²) in [6, 6.07) is 9.51. The largest absolute Gasteiger partial charge is 0.478 e. The van der Waals surface area contributed by atoms with Gasteiger partial charge >= 0.3 is 5.97 Å². The fourth-order valence-corrected chi connectivity index (χ4v) is 3.76. The summed E-state index contributed by atoms with van der Waals surface area (Å²) in [5.41, 5.74) is 2.44. The zero-order valence-electron chi connectivity index (χ0n) is 11.3. The third-order valence-electron chi connectivity index (χ3n) is 4.37. The van der Waals surface area contributed by atoms with Crippen LogP contribution < -0.4 is 0 Å². The Bertz CT molecular complexity index is 522.